The van der Waals surface area contributed by atoms with E-state index in [0.29, 0.717) is 6.07 Å². The molecule has 9 heteroatoms. The molecule has 134 valence electrons. The van der Waals surface area contributed by atoms with Gasteiger partial charge in [0.25, 0.3) is 5.91 Å². The van der Waals surface area contributed by atoms with Gasteiger partial charge in [-0.2, -0.15) is 13.2 Å². The van der Waals surface area contributed by atoms with E-state index in [1.54, 1.807) is 0 Å². The van der Waals surface area contributed by atoms with E-state index in [1.165, 1.54) is 17.5 Å². The molecular weight excluding hydrogens is 375 g/mol. The van der Waals surface area contributed by atoms with Crippen molar-refractivity contribution in [1.29, 1.82) is 0 Å². The molecule has 0 spiro atoms. The fraction of sp³-hybridized carbons (Fsp3) is 0.0588. The van der Waals surface area contributed by atoms with Gasteiger partial charge < -0.3 is 0 Å². The minimum Gasteiger partial charge on any atom is -0.298 e. The SMILES string of the molecule is O=C(Nc1nc(-c2ccc(F)cc2F)cs1)c1cccc(C(F)(F)F)c1. The monoisotopic (exact) mass is 384 g/mol. The van der Waals surface area contributed by atoms with Gasteiger partial charge in [0, 0.05) is 22.6 Å². The van der Waals surface area contributed by atoms with E-state index < -0.39 is 29.3 Å². The van der Waals surface area contributed by atoms with Crippen LogP contribution in [-0.2, 0) is 6.18 Å². The van der Waals surface area contributed by atoms with Crippen molar-refractivity contribution in [3.8, 4) is 11.3 Å². The van der Waals surface area contributed by atoms with E-state index in [9.17, 15) is 26.7 Å². The number of thiazole rings is 1. The van der Waals surface area contributed by atoms with E-state index in [2.05, 4.69) is 10.3 Å². The summed E-state index contributed by atoms with van der Waals surface area (Å²) in [5.74, 6) is -2.33. The average molecular weight is 384 g/mol. The normalized spacial score (nSPS) is 11.4. The number of anilines is 1. The molecule has 2 aromatic carbocycles. The molecule has 0 aliphatic carbocycles. The van der Waals surface area contributed by atoms with Crippen molar-refractivity contribution in [2.75, 3.05) is 5.32 Å². The molecular formula is C17H9F5N2OS. The van der Waals surface area contributed by atoms with Gasteiger partial charge >= 0.3 is 6.18 Å². The molecule has 0 aliphatic rings. The summed E-state index contributed by atoms with van der Waals surface area (Å²) in [5, 5.41) is 3.88. The van der Waals surface area contributed by atoms with Gasteiger partial charge in [0.1, 0.15) is 11.6 Å². The first-order chi connectivity index (χ1) is 12.2. The lowest BCUT2D eigenvalue weighted by atomic mass is 10.1. The summed E-state index contributed by atoms with van der Waals surface area (Å²) >= 11 is 0.964. The van der Waals surface area contributed by atoms with Crippen molar-refractivity contribution in [1.82, 2.24) is 4.98 Å². The van der Waals surface area contributed by atoms with Gasteiger partial charge in [-0.1, -0.05) is 6.07 Å². The first-order valence-electron chi connectivity index (χ1n) is 7.13. The van der Waals surface area contributed by atoms with Crippen LogP contribution in [0.2, 0.25) is 0 Å². The Bertz CT molecular complexity index is 968. The van der Waals surface area contributed by atoms with Gasteiger partial charge in [0.05, 0.1) is 11.3 Å². The highest BCUT2D eigenvalue weighted by atomic mass is 32.1. The molecule has 3 nitrogen and oxygen atoms in total. The van der Waals surface area contributed by atoms with Gasteiger partial charge in [-0.05, 0) is 30.3 Å². The Labute approximate surface area is 148 Å². The number of hydrogen-bond donors (Lipinski definition) is 1. The Kier molecular flexibility index (Phi) is 4.73. The molecule has 0 aliphatic heterocycles. The maximum absolute atomic E-state index is 13.8. The zero-order valence-electron chi connectivity index (χ0n) is 12.8. The molecule has 3 rings (SSSR count). The number of rotatable bonds is 3. The summed E-state index contributed by atoms with van der Waals surface area (Å²) in [4.78, 5) is 16.1. The third-order valence-electron chi connectivity index (χ3n) is 3.38. The van der Waals surface area contributed by atoms with Gasteiger partial charge in [0.2, 0.25) is 0 Å². The van der Waals surface area contributed by atoms with Crippen LogP contribution in [0.4, 0.5) is 27.1 Å². The predicted octanol–water partition coefficient (Wildman–Crippen LogP) is 5.36. The van der Waals surface area contributed by atoms with Crippen LogP contribution in [0, 0.1) is 11.6 Å². The van der Waals surface area contributed by atoms with Crippen LogP contribution in [0.15, 0.2) is 47.8 Å². The molecule has 0 unspecified atom stereocenters. The molecule has 3 aromatic rings. The second-order valence-corrected chi connectivity index (χ2v) is 6.05. The van der Waals surface area contributed by atoms with E-state index in [1.807, 2.05) is 0 Å². The van der Waals surface area contributed by atoms with Crippen LogP contribution >= 0.6 is 11.3 Å². The van der Waals surface area contributed by atoms with E-state index in [0.717, 1.165) is 35.6 Å². The molecule has 1 aromatic heterocycles. The number of amides is 1. The van der Waals surface area contributed by atoms with Crippen LogP contribution in [0.3, 0.4) is 0 Å². The third kappa shape index (κ3) is 3.88. The molecule has 1 N–H and O–H groups in total. The molecule has 0 fully saturated rings. The van der Waals surface area contributed by atoms with Crippen LogP contribution in [0.5, 0.6) is 0 Å². The summed E-state index contributed by atoms with van der Waals surface area (Å²) in [6.07, 6.45) is -4.56. The Morgan fingerprint density at radius 1 is 1.08 bits per heavy atom. The molecule has 1 amide bonds. The lowest BCUT2D eigenvalue weighted by Crippen LogP contribution is -2.13. The molecule has 0 radical (unpaired) electrons. The van der Waals surface area contributed by atoms with Crippen molar-refractivity contribution < 1.29 is 26.7 Å². The molecule has 26 heavy (non-hydrogen) atoms. The maximum atomic E-state index is 13.8. The Morgan fingerprint density at radius 2 is 1.85 bits per heavy atom. The Hall–Kier alpha value is -2.81. The fourth-order valence-corrected chi connectivity index (χ4v) is 2.86. The zero-order valence-corrected chi connectivity index (χ0v) is 13.6. The van der Waals surface area contributed by atoms with Gasteiger partial charge in [-0.3, -0.25) is 10.1 Å². The Morgan fingerprint density at radius 3 is 2.54 bits per heavy atom. The minimum atomic E-state index is -4.56. The van der Waals surface area contributed by atoms with Crippen LogP contribution in [-0.4, -0.2) is 10.9 Å². The second kappa shape index (κ2) is 6.83. The average Bonchev–Trinajstić information content (AvgIpc) is 3.02. The van der Waals surface area contributed by atoms with Crippen LogP contribution < -0.4 is 5.32 Å². The highest BCUT2D eigenvalue weighted by Gasteiger charge is 2.31. The largest absolute Gasteiger partial charge is 0.416 e. The molecule has 0 saturated heterocycles. The number of carbonyl (C=O) groups excluding carboxylic acids is 1. The van der Waals surface area contributed by atoms with E-state index in [-0.39, 0.29) is 22.0 Å². The topological polar surface area (TPSA) is 42.0 Å². The summed E-state index contributed by atoms with van der Waals surface area (Å²) in [5.41, 5.74) is -0.919. The van der Waals surface area contributed by atoms with Crippen molar-refractivity contribution in [3.63, 3.8) is 0 Å². The number of nitrogens with zero attached hydrogens (tertiary/aromatic N) is 1. The number of alkyl halides is 3. The number of benzene rings is 2. The predicted molar refractivity (Wildman–Crippen MR) is 86.9 cm³/mol. The summed E-state index contributed by atoms with van der Waals surface area (Å²) < 4.78 is 64.8. The standard InChI is InChI=1S/C17H9F5N2OS/c18-11-4-5-12(13(19)7-11)14-8-26-16(23-14)24-15(25)9-2-1-3-10(6-9)17(20,21)22/h1-8H,(H,23,24,25). The van der Waals surface area contributed by atoms with Gasteiger partial charge in [-0.15, -0.1) is 11.3 Å². The quantitative estimate of drug-likeness (QED) is 0.618. The van der Waals surface area contributed by atoms with Gasteiger partial charge in [0.15, 0.2) is 5.13 Å². The highest BCUT2D eigenvalue weighted by Crippen LogP contribution is 2.30. The number of nitrogens with one attached hydrogen (secondary N) is 1. The zero-order chi connectivity index (χ0) is 18.9. The summed E-state index contributed by atoms with van der Waals surface area (Å²) in [6, 6.07) is 6.92. The molecule has 0 saturated carbocycles. The number of hydrogen-bond acceptors (Lipinski definition) is 3. The van der Waals surface area contributed by atoms with E-state index >= 15 is 0 Å². The number of carbonyl (C=O) groups is 1. The lowest BCUT2D eigenvalue weighted by molar-refractivity contribution is -0.137. The fourth-order valence-electron chi connectivity index (χ4n) is 2.16. The second-order valence-electron chi connectivity index (χ2n) is 5.19. The third-order valence-corrected chi connectivity index (χ3v) is 4.14. The maximum Gasteiger partial charge on any atom is 0.416 e. The first kappa shape index (κ1) is 18.0. The highest BCUT2D eigenvalue weighted by molar-refractivity contribution is 7.14. The lowest BCUT2D eigenvalue weighted by Gasteiger charge is -2.08. The van der Waals surface area contributed by atoms with Crippen LogP contribution in [0.25, 0.3) is 11.3 Å². The molecule has 0 bridgehead atoms. The summed E-state index contributed by atoms with van der Waals surface area (Å²) in [6.45, 7) is 0. The van der Waals surface area contributed by atoms with Gasteiger partial charge in [-0.25, -0.2) is 13.8 Å². The van der Waals surface area contributed by atoms with E-state index in [4.69, 9.17) is 0 Å². The minimum absolute atomic E-state index is 0.0437. The molecule has 1 heterocycles. The van der Waals surface area contributed by atoms with Crippen molar-refractivity contribution in [2.24, 2.45) is 0 Å². The van der Waals surface area contributed by atoms with Crippen molar-refractivity contribution in [2.45, 2.75) is 6.18 Å². The van der Waals surface area contributed by atoms with Crippen molar-refractivity contribution in [3.05, 3.63) is 70.6 Å². The van der Waals surface area contributed by atoms with Crippen molar-refractivity contribution >= 4 is 22.4 Å². The number of halogens is 5. The number of aromatic nitrogens is 1. The Balaban J connectivity index is 1.80. The smallest absolute Gasteiger partial charge is 0.298 e. The van der Waals surface area contributed by atoms with Crippen LogP contribution in [0.1, 0.15) is 15.9 Å². The molecule has 0 atom stereocenters. The summed E-state index contributed by atoms with van der Waals surface area (Å²) in [7, 11) is 0. The first-order valence-corrected chi connectivity index (χ1v) is 8.01.